The number of nitriles is 1. The standard InChI is InChI=1S/C18H19N5O3/c19-9-4-1-5-10-22-13-14(12-20-22)21-17(24)8-11-23-15-6-2-3-7-16(15)26-18(23)25/h2-3,6-7,12-13H,1,4-5,8,10-11H2,(H,21,24). The lowest BCUT2D eigenvalue weighted by molar-refractivity contribution is -0.116. The van der Waals surface area contributed by atoms with Crippen LogP contribution in [-0.2, 0) is 17.9 Å². The summed E-state index contributed by atoms with van der Waals surface area (Å²) in [5.41, 5.74) is 1.80. The van der Waals surface area contributed by atoms with E-state index >= 15 is 0 Å². The van der Waals surface area contributed by atoms with E-state index in [0.29, 0.717) is 29.8 Å². The lowest BCUT2D eigenvalue weighted by atomic mass is 10.2. The van der Waals surface area contributed by atoms with E-state index in [1.165, 1.54) is 4.57 Å². The van der Waals surface area contributed by atoms with Gasteiger partial charge >= 0.3 is 5.76 Å². The van der Waals surface area contributed by atoms with Crippen molar-refractivity contribution in [1.29, 1.82) is 5.26 Å². The fourth-order valence-electron chi connectivity index (χ4n) is 2.69. The number of nitrogens with one attached hydrogen (secondary N) is 1. The Bertz CT molecular complexity index is 992. The fraction of sp³-hybridized carbons (Fsp3) is 0.333. The van der Waals surface area contributed by atoms with E-state index in [0.717, 1.165) is 12.8 Å². The summed E-state index contributed by atoms with van der Waals surface area (Å²) in [7, 11) is 0. The number of fused-ring (bicyclic) bond motifs is 1. The third kappa shape index (κ3) is 4.19. The Labute approximate surface area is 149 Å². The van der Waals surface area contributed by atoms with Gasteiger partial charge in [-0.25, -0.2) is 4.79 Å². The number of aryl methyl sites for hydroxylation is 2. The maximum Gasteiger partial charge on any atom is 0.419 e. The van der Waals surface area contributed by atoms with Crippen LogP contribution in [0.3, 0.4) is 0 Å². The second-order valence-electron chi connectivity index (χ2n) is 5.89. The van der Waals surface area contributed by atoms with Gasteiger partial charge in [-0.1, -0.05) is 12.1 Å². The van der Waals surface area contributed by atoms with Crippen molar-refractivity contribution >= 4 is 22.7 Å². The molecule has 0 aliphatic heterocycles. The molecule has 3 rings (SSSR count). The minimum absolute atomic E-state index is 0.150. The highest BCUT2D eigenvalue weighted by atomic mass is 16.4. The lowest BCUT2D eigenvalue weighted by Crippen LogP contribution is -2.19. The number of hydrogen-bond donors (Lipinski definition) is 1. The highest BCUT2D eigenvalue weighted by Gasteiger charge is 2.11. The van der Waals surface area contributed by atoms with Gasteiger partial charge in [-0.2, -0.15) is 10.4 Å². The molecule has 0 saturated heterocycles. The van der Waals surface area contributed by atoms with Crippen LogP contribution in [0, 0.1) is 11.3 Å². The molecular weight excluding hydrogens is 334 g/mol. The van der Waals surface area contributed by atoms with Gasteiger partial charge in [0.15, 0.2) is 5.58 Å². The zero-order valence-electron chi connectivity index (χ0n) is 14.2. The van der Waals surface area contributed by atoms with Crippen molar-refractivity contribution in [3.63, 3.8) is 0 Å². The monoisotopic (exact) mass is 353 g/mol. The topological polar surface area (TPSA) is 106 Å². The van der Waals surface area contributed by atoms with Crippen LogP contribution in [0.4, 0.5) is 5.69 Å². The lowest BCUT2D eigenvalue weighted by Gasteiger charge is -2.03. The van der Waals surface area contributed by atoms with E-state index < -0.39 is 5.76 Å². The summed E-state index contributed by atoms with van der Waals surface area (Å²) in [5.74, 6) is -0.671. The normalized spacial score (nSPS) is 10.7. The molecule has 0 bridgehead atoms. The number of carbonyl (C=O) groups is 1. The molecule has 8 nitrogen and oxygen atoms in total. The molecule has 134 valence electrons. The number of nitrogens with zero attached hydrogens (tertiary/aromatic N) is 4. The molecule has 1 amide bonds. The van der Waals surface area contributed by atoms with Crippen molar-refractivity contribution in [3.05, 3.63) is 47.2 Å². The highest BCUT2D eigenvalue weighted by molar-refractivity contribution is 5.90. The van der Waals surface area contributed by atoms with Crippen LogP contribution in [-0.4, -0.2) is 20.3 Å². The number of carbonyl (C=O) groups excluding carboxylic acids is 1. The summed E-state index contributed by atoms with van der Waals surface area (Å²) in [6.45, 7) is 0.942. The van der Waals surface area contributed by atoms with Crippen LogP contribution in [0.2, 0.25) is 0 Å². The molecule has 8 heteroatoms. The number of unbranched alkanes of at least 4 members (excludes halogenated alkanes) is 2. The first-order valence-corrected chi connectivity index (χ1v) is 8.45. The van der Waals surface area contributed by atoms with Crippen molar-refractivity contribution < 1.29 is 9.21 Å². The van der Waals surface area contributed by atoms with Crippen molar-refractivity contribution in [3.8, 4) is 6.07 Å². The molecule has 0 aliphatic rings. The van der Waals surface area contributed by atoms with Gasteiger partial charge in [0.2, 0.25) is 5.91 Å². The first-order valence-electron chi connectivity index (χ1n) is 8.45. The summed E-state index contributed by atoms with van der Waals surface area (Å²) in [6, 6.07) is 9.23. The van der Waals surface area contributed by atoms with E-state index in [1.54, 1.807) is 35.3 Å². The molecular formula is C18H19N5O3. The fourth-order valence-corrected chi connectivity index (χ4v) is 2.69. The van der Waals surface area contributed by atoms with Gasteiger partial charge in [0, 0.05) is 32.1 Å². The summed E-state index contributed by atoms with van der Waals surface area (Å²) in [5, 5.41) is 15.5. The molecule has 0 unspecified atom stereocenters. The van der Waals surface area contributed by atoms with Gasteiger partial charge < -0.3 is 9.73 Å². The molecule has 0 atom stereocenters. The number of oxazole rings is 1. The van der Waals surface area contributed by atoms with Gasteiger partial charge in [0.25, 0.3) is 0 Å². The Morgan fingerprint density at radius 1 is 1.27 bits per heavy atom. The molecule has 26 heavy (non-hydrogen) atoms. The Morgan fingerprint density at radius 3 is 2.96 bits per heavy atom. The van der Waals surface area contributed by atoms with Crippen LogP contribution in [0.5, 0.6) is 0 Å². The average molecular weight is 353 g/mol. The summed E-state index contributed by atoms with van der Waals surface area (Å²) in [4.78, 5) is 24.0. The third-order valence-electron chi connectivity index (χ3n) is 3.98. The van der Waals surface area contributed by atoms with Crippen LogP contribution >= 0.6 is 0 Å². The van der Waals surface area contributed by atoms with Crippen LogP contribution in [0.1, 0.15) is 25.7 Å². The van der Waals surface area contributed by atoms with Crippen molar-refractivity contribution in [2.45, 2.75) is 38.8 Å². The molecule has 1 aromatic carbocycles. The average Bonchev–Trinajstić information content (AvgIpc) is 3.20. The second-order valence-corrected chi connectivity index (χ2v) is 5.89. The molecule has 2 aromatic heterocycles. The molecule has 3 aromatic rings. The summed E-state index contributed by atoms with van der Waals surface area (Å²) >= 11 is 0. The van der Waals surface area contributed by atoms with E-state index in [2.05, 4.69) is 16.5 Å². The Kier molecular flexibility index (Phi) is 5.49. The minimum atomic E-state index is -0.468. The molecule has 0 spiro atoms. The number of amides is 1. The van der Waals surface area contributed by atoms with Crippen molar-refractivity contribution in [2.75, 3.05) is 5.32 Å². The molecule has 0 fully saturated rings. The maximum absolute atomic E-state index is 12.1. The zero-order valence-corrected chi connectivity index (χ0v) is 14.2. The SMILES string of the molecule is N#CCCCCn1cc(NC(=O)CCn2c(=O)oc3ccccc32)cn1. The predicted molar refractivity (Wildman–Crippen MR) is 95.4 cm³/mol. The zero-order chi connectivity index (χ0) is 18.4. The van der Waals surface area contributed by atoms with Crippen molar-refractivity contribution in [1.82, 2.24) is 14.3 Å². The molecule has 0 radical (unpaired) electrons. The maximum atomic E-state index is 12.1. The number of aromatic nitrogens is 3. The van der Waals surface area contributed by atoms with Gasteiger partial charge in [-0.15, -0.1) is 0 Å². The number of anilines is 1. The number of rotatable bonds is 8. The van der Waals surface area contributed by atoms with Crippen LogP contribution in [0.25, 0.3) is 11.1 Å². The molecule has 2 heterocycles. The molecule has 1 N–H and O–H groups in total. The molecule has 0 aliphatic carbocycles. The first kappa shape index (κ1) is 17.5. The Balaban J connectivity index is 1.53. The van der Waals surface area contributed by atoms with E-state index in [1.807, 2.05) is 6.07 Å². The first-order chi connectivity index (χ1) is 12.7. The second kappa shape index (κ2) is 8.16. The summed E-state index contributed by atoms with van der Waals surface area (Å²) in [6.07, 6.45) is 5.71. The number of benzene rings is 1. The summed E-state index contributed by atoms with van der Waals surface area (Å²) < 4.78 is 8.34. The number of hydrogen-bond acceptors (Lipinski definition) is 5. The van der Waals surface area contributed by atoms with Gasteiger partial charge in [0.05, 0.1) is 23.5 Å². The Hall–Kier alpha value is -3.34. The van der Waals surface area contributed by atoms with Gasteiger partial charge in [-0.3, -0.25) is 14.0 Å². The van der Waals surface area contributed by atoms with Gasteiger partial charge in [-0.05, 0) is 25.0 Å². The quantitative estimate of drug-likeness (QED) is 0.626. The smallest absolute Gasteiger partial charge is 0.408 e. The van der Waals surface area contributed by atoms with Gasteiger partial charge in [0.1, 0.15) is 0 Å². The predicted octanol–water partition coefficient (Wildman–Crippen LogP) is 2.51. The van der Waals surface area contributed by atoms with Crippen LogP contribution in [0.15, 0.2) is 45.9 Å². The largest absolute Gasteiger partial charge is 0.419 e. The third-order valence-corrected chi connectivity index (χ3v) is 3.98. The van der Waals surface area contributed by atoms with E-state index in [9.17, 15) is 9.59 Å². The van der Waals surface area contributed by atoms with E-state index in [-0.39, 0.29) is 18.9 Å². The van der Waals surface area contributed by atoms with E-state index in [4.69, 9.17) is 9.68 Å². The highest BCUT2D eigenvalue weighted by Crippen LogP contribution is 2.12. The van der Waals surface area contributed by atoms with Crippen molar-refractivity contribution in [2.24, 2.45) is 0 Å². The minimum Gasteiger partial charge on any atom is -0.408 e. The van der Waals surface area contributed by atoms with Crippen LogP contribution < -0.4 is 11.1 Å². The number of para-hydroxylation sites is 2. The molecule has 0 saturated carbocycles. The Morgan fingerprint density at radius 2 is 2.12 bits per heavy atom.